The number of hydrogen-bond donors (Lipinski definition) is 0. The molecule has 290 valence electrons. The molecule has 2 atom stereocenters. The summed E-state index contributed by atoms with van der Waals surface area (Å²) in [5.41, 5.74) is 1.26. The van der Waals surface area contributed by atoms with E-state index in [9.17, 15) is 0 Å². The Bertz CT molecular complexity index is 538. The molecule has 0 fully saturated rings. The van der Waals surface area contributed by atoms with E-state index in [1.54, 1.807) is 0 Å². The molecule has 0 amide bonds. The lowest BCUT2D eigenvalue weighted by Gasteiger charge is -2.27. The van der Waals surface area contributed by atoms with E-state index in [0.29, 0.717) is 11.5 Å². The first kappa shape index (κ1) is 49.8. The van der Waals surface area contributed by atoms with Crippen LogP contribution in [0.5, 0.6) is 0 Å². The summed E-state index contributed by atoms with van der Waals surface area (Å²) >= 11 is 0. The first-order chi connectivity index (χ1) is 23.7. The highest BCUT2D eigenvalue weighted by Gasteiger charge is 2.24. The quantitative estimate of drug-likeness (QED) is 0.0347. The summed E-state index contributed by atoms with van der Waals surface area (Å²) in [4.78, 5) is 0. The average molecular weight is 784 g/mol. The van der Waals surface area contributed by atoms with Gasteiger partial charge in [0.25, 0.3) is 0 Å². The zero-order valence-electron chi connectivity index (χ0n) is 33.4. The van der Waals surface area contributed by atoms with Crippen molar-refractivity contribution in [1.82, 2.24) is 0 Å². The molecule has 0 bridgehead atoms. The lowest BCUT2D eigenvalue weighted by atomic mass is 10.2. The van der Waals surface area contributed by atoms with Gasteiger partial charge in [-0.15, -0.1) is 0 Å². The van der Waals surface area contributed by atoms with Gasteiger partial charge >= 0.3 is 0 Å². The van der Waals surface area contributed by atoms with Crippen LogP contribution in [0.1, 0.15) is 196 Å². The number of unbranched alkanes of at least 4 members (excludes halogenated alkanes) is 14. The van der Waals surface area contributed by atoms with Crippen LogP contribution in [0.3, 0.4) is 0 Å². The Morgan fingerprint density at radius 2 is 0.688 bits per heavy atom. The zero-order chi connectivity index (χ0) is 35.2. The van der Waals surface area contributed by atoms with E-state index < -0.39 is 17.6 Å². The van der Waals surface area contributed by atoms with Crippen LogP contribution in [0.4, 0.5) is 0 Å². The topological polar surface area (TPSA) is 18.5 Å². The molecule has 0 aromatic carbocycles. The van der Waals surface area contributed by atoms with Gasteiger partial charge < -0.3 is 9.47 Å². The lowest BCUT2D eigenvalue weighted by molar-refractivity contribution is 0.0906. The second-order valence-corrected chi connectivity index (χ2v) is 27.6. The van der Waals surface area contributed by atoms with Crippen LogP contribution in [-0.4, -0.2) is 53.8 Å². The second-order valence-electron chi connectivity index (χ2n) is 14.5. The molecule has 0 radical (unpaired) electrons. The van der Waals surface area contributed by atoms with Gasteiger partial charge in [-0.2, -0.15) is 0 Å². The third kappa shape index (κ3) is 32.4. The van der Waals surface area contributed by atoms with Crippen molar-refractivity contribution in [3.8, 4) is 0 Å². The van der Waals surface area contributed by atoms with Gasteiger partial charge in [0.2, 0.25) is 0 Å². The maximum atomic E-state index is 6.70. The summed E-state index contributed by atoms with van der Waals surface area (Å²) in [5, 5.41) is 0. The second kappa shape index (κ2) is 41.5. The fraction of sp³-hybridized carbons (Fsp3) is 1.00. The van der Waals surface area contributed by atoms with Crippen LogP contribution in [0.2, 0.25) is 24.2 Å². The fourth-order valence-corrected chi connectivity index (χ4v) is 20.7. The monoisotopic (exact) mass is 783 g/mol. The molecule has 0 aliphatic heterocycles. The van der Waals surface area contributed by atoms with E-state index in [1.807, 2.05) is 19.7 Å². The summed E-state index contributed by atoms with van der Waals surface area (Å²) in [6.07, 6.45) is 32.7. The molecule has 0 heterocycles. The van der Waals surface area contributed by atoms with Gasteiger partial charge in [-0.05, 0) is 58.2 Å². The maximum absolute atomic E-state index is 6.70. The molecule has 0 rings (SSSR count). The summed E-state index contributed by atoms with van der Waals surface area (Å²) in [6, 6.07) is 6.06. The van der Waals surface area contributed by atoms with Crippen molar-refractivity contribution in [3.63, 3.8) is 0 Å². The highest BCUT2D eigenvalue weighted by Crippen LogP contribution is 2.43. The lowest BCUT2D eigenvalue weighted by Crippen LogP contribution is -2.34. The van der Waals surface area contributed by atoms with E-state index in [1.165, 1.54) is 190 Å². The smallest absolute Gasteiger partial charge is 0.0717 e. The van der Waals surface area contributed by atoms with Crippen LogP contribution in [-0.2, 0) is 9.47 Å². The Morgan fingerprint density at radius 3 is 1.00 bits per heavy atom. The standard InChI is InChI=1S/C40H86O2S4Si2/c1-7-13-21-31-41-39(47(35-25-15-9-3)36-26-16-10-4)29-19-23-33-43-45-46-44-34-24-20-30-40(42-32-22-14-8-2)48(37-27-17-11-5)38-28-18-12-6/h39-40,47-48H,7-38H2,1-6H3. The molecule has 0 aromatic rings. The van der Waals surface area contributed by atoms with Crippen molar-refractivity contribution in [2.45, 2.75) is 231 Å². The molecular weight excluding hydrogens is 697 g/mol. The Labute approximate surface area is 322 Å². The van der Waals surface area contributed by atoms with Gasteiger partial charge in [0.05, 0.1) is 17.6 Å². The molecule has 48 heavy (non-hydrogen) atoms. The highest BCUT2D eigenvalue weighted by atomic mass is 33.7. The van der Waals surface area contributed by atoms with Gasteiger partial charge in [0.1, 0.15) is 0 Å². The Hall–Kier alpha value is 1.75. The van der Waals surface area contributed by atoms with Crippen molar-refractivity contribution in [1.29, 1.82) is 0 Å². The molecule has 0 saturated carbocycles. The molecule has 0 aromatic heterocycles. The Balaban J connectivity index is 4.43. The predicted molar refractivity (Wildman–Crippen MR) is 238 cm³/mol. The molecular formula is C40H86O2S4Si2. The number of hydrogen-bond acceptors (Lipinski definition) is 6. The minimum atomic E-state index is -0.831. The average Bonchev–Trinajstić information content (AvgIpc) is 3.09. The van der Waals surface area contributed by atoms with Crippen LogP contribution in [0, 0.1) is 0 Å². The van der Waals surface area contributed by atoms with Crippen molar-refractivity contribution in [2.75, 3.05) is 24.7 Å². The van der Waals surface area contributed by atoms with Crippen molar-refractivity contribution < 1.29 is 9.47 Å². The summed E-state index contributed by atoms with van der Waals surface area (Å²) < 4.78 is 13.4. The maximum Gasteiger partial charge on any atom is 0.0717 e. The minimum Gasteiger partial charge on any atom is -0.382 e. The first-order valence-corrected chi connectivity index (χ1v) is 31.2. The summed E-state index contributed by atoms with van der Waals surface area (Å²) in [5.74, 6) is 2.58. The van der Waals surface area contributed by atoms with Gasteiger partial charge in [0, 0.05) is 36.2 Å². The Kier molecular flexibility index (Phi) is 43.0. The SMILES string of the molecule is CCCCCOC(CCCCSSSSCCCCC(OCCCCC)[SiH](CCCCC)CCCCC)[SiH](CCCCC)CCCCC. The van der Waals surface area contributed by atoms with Gasteiger partial charge in [0.15, 0.2) is 0 Å². The van der Waals surface area contributed by atoms with E-state index in [2.05, 4.69) is 63.1 Å². The molecule has 2 unspecified atom stereocenters. The van der Waals surface area contributed by atoms with E-state index in [0.717, 1.165) is 13.2 Å². The largest absolute Gasteiger partial charge is 0.382 e. The molecule has 0 spiro atoms. The molecule has 0 aliphatic rings. The van der Waals surface area contributed by atoms with Crippen LogP contribution >= 0.6 is 41.2 Å². The van der Waals surface area contributed by atoms with Gasteiger partial charge in [-0.3, -0.25) is 0 Å². The number of ether oxygens (including phenoxy) is 2. The highest BCUT2D eigenvalue weighted by molar-refractivity contribution is 9.26. The van der Waals surface area contributed by atoms with Crippen molar-refractivity contribution in [3.05, 3.63) is 0 Å². The number of rotatable bonds is 41. The van der Waals surface area contributed by atoms with E-state index in [-0.39, 0.29) is 0 Å². The fourth-order valence-electron chi connectivity index (χ4n) is 6.86. The molecule has 2 nitrogen and oxygen atoms in total. The third-order valence-electron chi connectivity index (χ3n) is 9.98. The molecule has 0 N–H and O–H groups in total. The Morgan fingerprint density at radius 1 is 0.375 bits per heavy atom. The van der Waals surface area contributed by atoms with Crippen LogP contribution < -0.4 is 0 Å². The van der Waals surface area contributed by atoms with Crippen LogP contribution in [0.25, 0.3) is 0 Å². The van der Waals surface area contributed by atoms with Gasteiger partial charge in [-0.1, -0.05) is 203 Å². The van der Waals surface area contributed by atoms with Crippen molar-refractivity contribution >= 4 is 58.8 Å². The van der Waals surface area contributed by atoms with E-state index >= 15 is 0 Å². The molecule has 0 aliphatic carbocycles. The normalized spacial score (nSPS) is 13.2. The van der Waals surface area contributed by atoms with Gasteiger partial charge in [-0.25, -0.2) is 0 Å². The van der Waals surface area contributed by atoms with E-state index in [4.69, 9.17) is 9.47 Å². The van der Waals surface area contributed by atoms with Crippen LogP contribution in [0.15, 0.2) is 0 Å². The summed E-state index contributed by atoms with van der Waals surface area (Å²) in [6.45, 7) is 16.0. The first-order valence-electron chi connectivity index (χ1n) is 21.5. The van der Waals surface area contributed by atoms with Crippen molar-refractivity contribution in [2.24, 2.45) is 0 Å². The third-order valence-corrected chi connectivity index (χ3v) is 24.4. The molecule has 0 saturated heterocycles. The zero-order valence-corrected chi connectivity index (χ0v) is 39.0. The summed E-state index contributed by atoms with van der Waals surface area (Å²) in [7, 11) is 6.58. The molecule has 8 heteroatoms. The minimum absolute atomic E-state index is 0.630. The predicted octanol–water partition coefficient (Wildman–Crippen LogP) is 15.4.